The second kappa shape index (κ2) is 6.03. The first-order chi connectivity index (χ1) is 7.69. The van der Waals surface area contributed by atoms with Crippen molar-refractivity contribution in [2.24, 2.45) is 5.09 Å². The summed E-state index contributed by atoms with van der Waals surface area (Å²) in [6.07, 6.45) is 11.6. The average Bonchev–Trinajstić information content (AvgIpc) is 2.47. The van der Waals surface area contributed by atoms with Crippen LogP contribution in [0, 0.1) is 4.91 Å². The predicted octanol–water partition coefficient (Wildman–Crippen LogP) is 2.72. The van der Waals surface area contributed by atoms with Crippen molar-refractivity contribution in [1.82, 2.24) is 0 Å². The largest absolute Gasteiger partial charge is 0.513 e. The van der Waals surface area contributed by atoms with E-state index in [-0.39, 0.29) is 0 Å². The maximum atomic E-state index is 10.3. The molecule has 0 atom stereocenters. The molecule has 4 heteroatoms. The van der Waals surface area contributed by atoms with Gasteiger partial charge in [-0.2, -0.15) is 4.91 Å². The van der Waals surface area contributed by atoms with Crippen molar-refractivity contribution in [1.29, 1.82) is 0 Å². The van der Waals surface area contributed by atoms with Gasteiger partial charge in [0.15, 0.2) is 0 Å². The Morgan fingerprint density at radius 3 is 3.00 bits per heavy atom. The molecule has 0 spiro atoms. The molecule has 0 heterocycles. The zero-order valence-corrected chi connectivity index (χ0v) is 9.26. The van der Waals surface area contributed by atoms with Crippen molar-refractivity contribution < 1.29 is 5.02 Å². The van der Waals surface area contributed by atoms with Crippen LogP contribution in [0.2, 0.25) is 0 Å². The van der Waals surface area contributed by atoms with E-state index in [2.05, 4.69) is 11.7 Å². The Kier molecular flexibility index (Phi) is 4.67. The van der Waals surface area contributed by atoms with Crippen molar-refractivity contribution in [3.8, 4) is 0 Å². The fourth-order valence-electron chi connectivity index (χ4n) is 1.42. The molecule has 0 bridgehead atoms. The highest BCUT2D eigenvalue weighted by Gasteiger charge is 2.20. The zero-order valence-electron chi connectivity index (χ0n) is 9.26. The smallest absolute Gasteiger partial charge is 0.425 e. The molecular formula is C12H14BNO2. The first-order valence-corrected chi connectivity index (χ1v) is 5.08. The normalized spacial score (nSPS) is 18.8. The fraction of sp³-hybridized carbons (Fsp3) is 0.167. The molecule has 0 unspecified atom stereocenters. The van der Waals surface area contributed by atoms with Crippen LogP contribution in [-0.4, -0.2) is 12.1 Å². The number of allylic oxidation sites excluding steroid dienone is 9. The Hall–Kier alpha value is -1.68. The molecule has 0 saturated carbocycles. The van der Waals surface area contributed by atoms with E-state index in [1.165, 1.54) is 0 Å². The SMILES string of the molecule is C=C1CC(B(O)N=O)=CC=C/C1=C/C=C\C. The summed E-state index contributed by atoms with van der Waals surface area (Å²) in [6.45, 7) is 5.86. The van der Waals surface area contributed by atoms with E-state index in [9.17, 15) is 9.93 Å². The average molecular weight is 215 g/mol. The lowest BCUT2D eigenvalue weighted by Crippen LogP contribution is -2.12. The molecule has 0 amide bonds. The summed E-state index contributed by atoms with van der Waals surface area (Å²) < 4.78 is 0. The molecule has 16 heavy (non-hydrogen) atoms. The molecule has 1 aliphatic carbocycles. The highest BCUT2D eigenvalue weighted by molar-refractivity contribution is 6.57. The van der Waals surface area contributed by atoms with Gasteiger partial charge in [0.2, 0.25) is 0 Å². The second-order valence-corrected chi connectivity index (χ2v) is 3.51. The minimum Gasteiger partial charge on any atom is -0.425 e. The quantitative estimate of drug-likeness (QED) is 0.581. The lowest BCUT2D eigenvalue weighted by atomic mass is 9.71. The van der Waals surface area contributed by atoms with Crippen LogP contribution in [0.15, 0.2) is 64.7 Å². The van der Waals surface area contributed by atoms with E-state index in [0.29, 0.717) is 11.9 Å². The topological polar surface area (TPSA) is 49.7 Å². The molecule has 0 radical (unpaired) electrons. The van der Waals surface area contributed by atoms with Gasteiger partial charge in [-0.3, -0.25) is 0 Å². The van der Waals surface area contributed by atoms with Crippen LogP contribution in [0.4, 0.5) is 0 Å². The van der Waals surface area contributed by atoms with E-state index < -0.39 is 7.05 Å². The highest BCUT2D eigenvalue weighted by atomic mass is 16.3. The predicted molar refractivity (Wildman–Crippen MR) is 67.6 cm³/mol. The van der Waals surface area contributed by atoms with Crippen LogP contribution < -0.4 is 0 Å². The zero-order chi connectivity index (χ0) is 12.0. The van der Waals surface area contributed by atoms with Gasteiger partial charge in [0.05, 0.1) is 0 Å². The van der Waals surface area contributed by atoms with Crippen LogP contribution in [-0.2, 0) is 0 Å². The van der Waals surface area contributed by atoms with Crippen molar-refractivity contribution in [3.05, 3.63) is 64.6 Å². The standard InChI is InChI=1S/C12H14BNO2/c1-3-4-6-11-7-5-8-12(9-10(11)2)13(15)14-16/h3-8,15H,2,9H2,1H3/b4-3-,11-6-. The molecule has 1 N–H and O–H groups in total. The van der Waals surface area contributed by atoms with E-state index >= 15 is 0 Å². The van der Waals surface area contributed by atoms with Gasteiger partial charge in [-0.15, -0.1) is 0 Å². The van der Waals surface area contributed by atoms with Crippen molar-refractivity contribution >= 4 is 7.05 Å². The molecule has 1 rings (SSSR count). The van der Waals surface area contributed by atoms with E-state index in [4.69, 9.17) is 0 Å². The van der Waals surface area contributed by atoms with Crippen LogP contribution in [0.25, 0.3) is 0 Å². The van der Waals surface area contributed by atoms with Crippen molar-refractivity contribution in [2.45, 2.75) is 13.3 Å². The third-order valence-corrected chi connectivity index (χ3v) is 2.31. The molecule has 3 nitrogen and oxygen atoms in total. The van der Waals surface area contributed by atoms with Gasteiger partial charge in [0.25, 0.3) is 0 Å². The van der Waals surface area contributed by atoms with Gasteiger partial charge in [0, 0.05) is 0 Å². The molecule has 82 valence electrons. The maximum Gasteiger partial charge on any atom is 0.513 e. The van der Waals surface area contributed by atoms with Gasteiger partial charge >= 0.3 is 7.05 Å². The Balaban J connectivity index is 2.88. The summed E-state index contributed by atoms with van der Waals surface area (Å²) >= 11 is 0. The van der Waals surface area contributed by atoms with E-state index in [1.54, 1.807) is 12.2 Å². The first-order valence-electron chi connectivity index (χ1n) is 5.08. The number of hydrogen-bond acceptors (Lipinski definition) is 3. The number of rotatable bonds is 3. The van der Waals surface area contributed by atoms with E-state index in [0.717, 1.165) is 11.1 Å². The van der Waals surface area contributed by atoms with Crippen LogP contribution in [0.5, 0.6) is 0 Å². The molecule has 1 aliphatic rings. The van der Waals surface area contributed by atoms with Crippen molar-refractivity contribution in [2.75, 3.05) is 0 Å². The first kappa shape index (κ1) is 12.4. The number of nitroso groups, excluding NO2 is 1. The molecule has 0 aromatic carbocycles. The van der Waals surface area contributed by atoms with E-state index in [1.807, 2.05) is 31.2 Å². The molecule has 0 saturated heterocycles. The van der Waals surface area contributed by atoms with Crippen LogP contribution in [0.1, 0.15) is 13.3 Å². The lowest BCUT2D eigenvalue weighted by molar-refractivity contribution is 0.580. The third-order valence-electron chi connectivity index (χ3n) is 2.31. The summed E-state index contributed by atoms with van der Waals surface area (Å²) in [7, 11) is -1.28. The fourth-order valence-corrected chi connectivity index (χ4v) is 1.42. The van der Waals surface area contributed by atoms with Gasteiger partial charge in [-0.1, -0.05) is 48.1 Å². The van der Waals surface area contributed by atoms with Crippen LogP contribution in [0.3, 0.4) is 0 Å². The second-order valence-electron chi connectivity index (χ2n) is 3.51. The Labute approximate surface area is 95.7 Å². The highest BCUT2D eigenvalue weighted by Crippen LogP contribution is 2.23. The monoisotopic (exact) mass is 215 g/mol. The summed E-state index contributed by atoms with van der Waals surface area (Å²) in [5.41, 5.74) is 2.42. The molecule has 0 aromatic rings. The molecule has 0 aliphatic heterocycles. The Morgan fingerprint density at radius 1 is 1.62 bits per heavy atom. The number of hydrogen-bond donors (Lipinski definition) is 1. The molecular weight excluding hydrogens is 201 g/mol. The van der Waals surface area contributed by atoms with Gasteiger partial charge in [-0.05, 0) is 30.0 Å². The summed E-state index contributed by atoms with van der Waals surface area (Å²) in [5, 5.41) is 11.9. The minimum atomic E-state index is -1.28. The third kappa shape index (κ3) is 3.17. The van der Waals surface area contributed by atoms with Gasteiger partial charge < -0.3 is 5.02 Å². The lowest BCUT2D eigenvalue weighted by Gasteiger charge is -2.06. The Bertz CT molecular complexity index is 405. The molecule has 0 fully saturated rings. The van der Waals surface area contributed by atoms with Crippen molar-refractivity contribution in [3.63, 3.8) is 0 Å². The summed E-state index contributed by atoms with van der Waals surface area (Å²) in [5.74, 6) is 0. The van der Waals surface area contributed by atoms with Gasteiger partial charge in [0.1, 0.15) is 0 Å². The Morgan fingerprint density at radius 2 is 2.38 bits per heavy atom. The van der Waals surface area contributed by atoms with Gasteiger partial charge in [-0.25, -0.2) is 0 Å². The summed E-state index contributed by atoms with van der Waals surface area (Å²) in [6, 6.07) is 0. The van der Waals surface area contributed by atoms with Crippen LogP contribution >= 0.6 is 0 Å². The number of nitrogens with zero attached hydrogens (tertiary/aromatic N) is 1. The molecule has 0 aromatic heterocycles. The maximum absolute atomic E-state index is 10.3. The minimum absolute atomic E-state index is 0.462. The summed E-state index contributed by atoms with van der Waals surface area (Å²) in [4.78, 5) is 10.3.